The summed E-state index contributed by atoms with van der Waals surface area (Å²) in [5.74, 6) is 0.375. The molecule has 0 radical (unpaired) electrons. The molecule has 0 saturated heterocycles. The minimum atomic E-state index is -3.41. The first-order valence-corrected chi connectivity index (χ1v) is 7.27. The fraction of sp³-hybridized carbons (Fsp3) is 0.182. The van der Waals surface area contributed by atoms with Crippen molar-refractivity contribution in [1.29, 1.82) is 0 Å². The van der Waals surface area contributed by atoms with Gasteiger partial charge in [0.1, 0.15) is 10.1 Å². The second kappa shape index (κ2) is 4.54. The van der Waals surface area contributed by atoms with Crippen molar-refractivity contribution < 1.29 is 8.42 Å². The molecule has 0 bridgehead atoms. The van der Waals surface area contributed by atoms with Crippen LogP contribution in [0.1, 0.15) is 5.56 Å². The molecule has 0 amide bonds. The molecular weight excluding hydrogens is 256 g/mol. The van der Waals surface area contributed by atoms with Crippen molar-refractivity contribution in [2.75, 3.05) is 7.05 Å². The summed E-state index contributed by atoms with van der Waals surface area (Å²) >= 11 is 1.22. The first kappa shape index (κ1) is 12.2. The van der Waals surface area contributed by atoms with E-state index in [2.05, 4.69) is 9.71 Å². The van der Waals surface area contributed by atoms with E-state index in [0.29, 0.717) is 5.84 Å². The zero-order valence-electron chi connectivity index (χ0n) is 9.47. The van der Waals surface area contributed by atoms with Gasteiger partial charge in [0.15, 0.2) is 0 Å². The van der Waals surface area contributed by atoms with Crippen molar-refractivity contribution in [1.82, 2.24) is 4.72 Å². The van der Waals surface area contributed by atoms with Gasteiger partial charge >= 0.3 is 0 Å². The van der Waals surface area contributed by atoms with E-state index in [1.165, 1.54) is 11.8 Å². The Bertz CT molecular complexity index is 586. The molecule has 17 heavy (non-hydrogen) atoms. The Hall–Kier alpha value is -1.27. The van der Waals surface area contributed by atoms with Crippen LogP contribution in [0.15, 0.2) is 44.5 Å². The minimum Gasteiger partial charge on any atom is -0.271 e. The van der Waals surface area contributed by atoms with Gasteiger partial charge in [-0.3, -0.25) is 9.71 Å². The molecule has 1 N–H and O–H groups in total. The summed E-state index contributed by atoms with van der Waals surface area (Å²) in [6, 6.07) is 7.70. The van der Waals surface area contributed by atoms with Crippen LogP contribution in [0.25, 0.3) is 0 Å². The van der Waals surface area contributed by atoms with Crippen LogP contribution in [-0.2, 0) is 10.0 Å². The second-order valence-corrected chi connectivity index (χ2v) is 6.62. The highest BCUT2D eigenvalue weighted by molar-refractivity contribution is 8.18. The van der Waals surface area contributed by atoms with Crippen molar-refractivity contribution in [3.05, 3.63) is 40.1 Å². The highest BCUT2D eigenvalue weighted by Gasteiger charge is 2.26. The largest absolute Gasteiger partial charge is 0.271 e. The molecule has 1 aliphatic heterocycles. The van der Waals surface area contributed by atoms with Gasteiger partial charge in [-0.15, -0.1) is 0 Å². The SMILES string of the molecule is CN=C1C=C(Sc2ccc(C)cc2)S(=O)(=O)N1. The molecule has 0 saturated carbocycles. The lowest BCUT2D eigenvalue weighted by molar-refractivity contribution is 0.602. The number of benzene rings is 1. The lowest BCUT2D eigenvalue weighted by Gasteiger charge is -2.02. The summed E-state index contributed by atoms with van der Waals surface area (Å²) in [5.41, 5.74) is 1.14. The summed E-state index contributed by atoms with van der Waals surface area (Å²) in [4.78, 5) is 4.72. The molecule has 0 aliphatic carbocycles. The van der Waals surface area contributed by atoms with Gasteiger partial charge in [0, 0.05) is 18.0 Å². The van der Waals surface area contributed by atoms with Crippen LogP contribution in [-0.4, -0.2) is 21.3 Å². The van der Waals surface area contributed by atoms with Crippen LogP contribution in [0.5, 0.6) is 0 Å². The molecular formula is C11H12N2O2S2. The lowest BCUT2D eigenvalue weighted by atomic mass is 10.2. The number of thioether (sulfide) groups is 1. The van der Waals surface area contributed by atoms with Crippen molar-refractivity contribution in [2.45, 2.75) is 11.8 Å². The molecule has 1 aromatic rings. The standard InChI is InChI=1S/C11H12N2O2S2/c1-8-3-5-9(6-4-8)16-11-7-10(12-2)13-17(11,14)15/h3-7H,1-2H3,(H,12,13). The number of nitrogens with zero attached hydrogens (tertiary/aromatic N) is 1. The van der Waals surface area contributed by atoms with Crippen LogP contribution >= 0.6 is 11.8 Å². The van der Waals surface area contributed by atoms with E-state index in [9.17, 15) is 8.42 Å². The number of aryl methyl sites for hydroxylation is 1. The Morgan fingerprint density at radius 2 is 1.88 bits per heavy atom. The summed E-state index contributed by atoms with van der Waals surface area (Å²) in [6.07, 6.45) is 1.54. The number of hydrogen-bond donors (Lipinski definition) is 1. The first-order chi connectivity index (χ1) is 8.01. The van der Waals surface area contributed by atoms with E-state index in [1.54, 1.807) is 13.1 Å². The Morgan fingerprint density at radius 1 is 1.24 bits per heavy atom. The number of rotatable bonds is 2. The van der Waals surface area contributed by atoms with Gasteiger partial charge in [0.05, 0.1) is 0 Å². The van der Waals surface area contributed by atoms with Gasteiger partial charge in [-0.05, 0) is 19.1 Å². The molecule has 1 heterocycles. The fourth-order valence-electron chi connectivity index (χ4n) is 1.32. The maximum atomic E-state index is 11.7. The highest BCUT2D eigenvalue weighted by Crippen LogP contribution is 2.32. The molecule has 0 fully saturated rings. The molecule has 4 nitrogen and oxygen atoms in total. The van der Waals surface area contributed by atoms with Crippen LogP contribution in [0.3, 0.4) is 0 Å². The number of aliphatic imine (C=N–C) groups is 1. The monoisotopic (exact) mass is 268 g/mol. The molecule has 90 valence electrons. The van der Waals surface area contributed by atoms with Crippen LogP contribution in [0, 0.1) is 6.92 Å². The van der Waals surface area contributed by atoms with Gasteiger partial charge in [-0.1, -0.05) is 29.5 Å². The molecule has 2 rings (SSSR count). The molecule has 0 spiro atoms. The third-order valence-electron chi connectivity index (χ3n) is 2.24. The van der Waals surface area contributed by atoms with E-state index >= 15 is 0 Å². The van der Waals surface area contributed by atoms with Crippen molar-refractivity contribution >= 4 is 27.6 Å². The number of sulfonamides is 1. The fourth-order valence-corrected chi connectivity index (χ4v) is 3.64. The Balaban J connectivity index is 2.27. The van der Waals surface area contributed by atoms with Crippen molar-refractivity contribution in [3.8, 4) is 0 Å². The lowest BCUT2D eigenvalue weighted by Crippen LogP contribution is -2.22. The topological polar surface area (TPSA) is 58.5 Å². The summed E-state index contributed by atoms with van der Waals surface area (Å²) in [5, 5.41) is 0. The molecule has 1 aromatic carbocycles. The van der Waals surface area contributed by atoms with E-state index in [-0.39, 0.29) is 4.24 Å². The van der Waals surface area contributed by atoms with E-state index < -0.39 is 10.0 Å². The van der Waals surface area contributed by atoms with Gasteiger partial charge in [0.2, 0.25) is 0 Å². The van der Waals surface area contributed by atoms with Gasteiger partial charge in [-0.2, -0.15) is 0 Å². The molecule has 6 heteroatoms. The van der Waals surface area contributed by atoms with Crippen LogP contribution in [0.4, 0.5) is 0 Å². The molecule has 0 atom stereocenters. The summed E-state index contributed by atoms with van der Waals surface area (Å²) in [7, 11) is -1.86. The van der Waals surface area contributed by atoms with Crippen LogP contribution < -0.4 is 4.72 Å². The second-order valence-electron chi connectivity index (χ2n) is 3.59. The Labute approximate surface area is 105 Å². The maximum absolute atomic E-state index is 11.7. The van der Waals surface area contributed by atoms with E-state index in [1.807, 2.05) is 31.2 Å². The van der Waals surface area contributed by atoms with Crippen molar-refractivity contribution in [2.24, 2.45) is 4.99 Å². The quantitative estimate of drug-likeness (QED) is 0.891. The number of hydrogen-bond acceptors (Lipinski definition) is 4. The molecule has 0 unspecified atom stereocenters. The van der Waals surface area contributed by atoms with Gasteiger partial charge in [0.25, 0.3) is 10.0 Å². The normalized spacial score (nSPS) is 20.1. The summed E-state index contributed by atoms with van der Waals surface area (Å²) < 4.78 is 26.1. The Morgan fingerprint density at radius 3 is 2.41 bits per heavy atom. The minimum absolute atomic E-state index is 0.280. The highest BCUT2D eigenvalue weighted by atomic mass is 32.3. The average molecular weight is 268 g/mol. The zero-order valence-corrected chi connectivity index (χ0v) is 11.1. The molecule has 0 aromatic heterocycles. The van der Waals surface area contributed by atoms with Crippen LogP contribution in [0.2, 0.25) is 0 Å². The first-order valence-electron chi connectivity index (χ1n) is 4.97. The van der Waals surface area contributed by atoms with Crippen molar-refractivity contribution in [3.63, 3.8) is 0 Å². The average Bonchev–Trinajstić information content (AvgIpc) is 2.57. The Kier molecular flexibility index (Phi) is 3.26. The third kappa shape index (κ3) is 2.70. The van der Waals surface area contributed by atoms with Gasteiger partial charge < -0.3 is 0 Å². The zero-order chi connectivity index (χ0) is 12.5. The van der Waals surface area contributed by atoms with Gasteiger partial charge in [-0.25, -0.2) is 8.42 Å². The maximum Gasteiger partial charge on any atom is 0.269 e. The number of amidine groups is 1. The summed E-state index contributed by atoms with van der Waals surface area (Å²) in [6.45, 7) is 1.99. The number of nitrogens with one attached hydrogen (secondary N) is 1. The molecule has 1 aliphatic rings. The smallest absolute Gasteiger partial charge is 0.269 e. The predicted octanol–water partition coefficient (Wildman–Crippen LogP) is 1.89. The van der Waals surface area contributed by atoms with E-state index in [4.69, 9.17) is 0 Å². The third-order valence-corrected chi connectivity index (χ3v) is 5.10. The van der Waals surface area contributed by atoms with E-state index in [0.717, 1.165) is 10.5 Å². The predicted molar refractivity (Wildman–Crippen MR) is 70.5 cm³/mol.